The Hall–Kier alpha value is -3.86. The van der Waals surface area contributed by atoms with Crippen molar-refractivity contribution in [2.75, 3.05) is 0 Å². The van der Waals surface area contributed by atoms with Gasteiger partial charge in [0.1, 0.15) is 11.2 Å². The molecule has 5 rings (SSSR count). The van der Waals surface area contributed by atoms with Crippen molar-refractivity contribution < 1.29 is 9.59 Å². The second-order valence-electron chi connectivity index (χ2n) is 9.18. The van der Waals surface area contributed by atoms with Crippen molar-refractivity contribution in [2.24, 2.45) is 0 Å². The van der Waals surface area contributed by atoms with Crippen molar-refractivity contribution in [1.29, 1.82) is 0 Å². The smallest absolute Gasteiger partial charge is 0.271 e. The molecule has 0 fully saturated rings. The zero-order valence-corrected chi connectivity index (χ0v) is 19.6. The van der Waals surface area contributed by atoms with E-state index in [4.69, 9.17) is 0 Å². The van der Waals surface area contributed by atoms with Crippen LogP contribution >= 0.6 is 0 Å². The first-order chi connectivity index (χ1) is 16.5. The summed E-state index contributed by atoms with van der Waals surface area (Å²) in [4.78, 5) is 29.3. The molecule has 4 aromatic rings. The van der Waals surface area contributed by atoms with Crippen LogP contribution in [0.5, 0.6) is 0 Å². The average molecular weight is 452 g/mol. The summed E-state index contributed by atoms with van der Waals surface area (Å²) in [6, 6.07) is 28.0. The van der Waals surface area contributed by atoms with E-state index >= 15 is 0 Å². The number of fused-ring (bicyclic) bond motifs is 3. The monoisotopic (exact) mass is 451 g/mol. The van der Waals surface area contributed by atoms with E-state index in [0.29, 0.717) is 25.3 Å². The quantitative estimate of drug-likeness (QED) is 0.452. The Balaban J connectivity index is 1.52. The first kappa shape index (κ1) is 22.0. The van der Waals surface area contributed by atoms with Crippen LogP contribution in [0.2, 0.25) is 0 Å². The third kappa shape index (κ3) is 3.87. The van der Waals surface area contributed by atoms with Crippen LogP contribution in [0.4, 0.5) is 0 Å². The molecular weight excluding hydrogens is 422 g/mol. The van der Waals surface area contributed by atoms with Gasteiger partial charge < -0.3 is 14.8 Å². The summed E-state index contributed by atoms with van der Waals surface area (Å²) in [7, 11) is 0. The van der Waals surface area contributed by atoms with Crippen LogP contribution in [-0.4, -0.2) is 26.8 Å². The van der Waals surface area contributed by atoms with E-state index in [9.17, 15) is 9.59 Å². The number of benzene rings is 3. The molecule has 3 aromatic carbocycles. The average Bonchev–Trinajstić information content (AvgIpc) is 3.24. The van der Waals surface area contributed by atoms with Crippen LogP contribution in [0.3, 0.4) is 0 Å². The summed E-state index contributed by atoms with van der Waals surface area (Å²) in [5.41, 5.74) is 3.84. The predicted octanol–water partition coefficient (Wildman–Crippen LogP) is 4.93. The van der Waals surface area contributed by atoms with Crippen molar-refractivity contribution in [2.45, 2.75) is 45.4 Å². The molecule has 0 unspecified atom stereocenters. The molecular formula is C29H29N3O2. The first-order valence-electron chi connectivity index (χ1n) is 11.8. The minimum atomic E-state index is -1.04. The molecule has 5 nitrogen and oxygen atoms in total. The van der Waals surface area contributed by atoms with E-state index in [-0.39, 0.29) is 11.8 Å². The zero-order valence-electron chi connectivity index (χ0n) is 19.6. The number of aromatic nitrogens is 1. The fourth-order valence-electron chi connectivity index (χ4n) is 4.79. The normalized spacial score (nSPS) is 17.6. The largest absolute Gasteiger partial charge is 0.350 e. The topological polar surface area (TPSA) is 54.3 Å². The van der Waals surface area contributed by atoms with Crippen LogP contribution < -0.4 is 5.32 Å². The molecule has 1 N–H and O–H groups in total. The number of carbonyl (C=O) groups excluding carboxylic acids is 2. The number of hydrogen-bond donors (Lipinski definition) is 1. The molecule has 34 heavy (non-hydrogen) atoms. The number of aryl methyl sites for hydroxylation is 1. The van der Waals surface area contributed by atoms with Crippen molar-refractivity contribution in [3.63, 3.8) is 0 Å². The number of carbonyl (C=O) groups is 2. The van der Waals surface area contributed by atoms with Gasteiger partial charge in [-0.2, -0.15) is 0 Å². The third-order valence-corrected chi connectivity index (χ3v) is 6.89. The Bertz CT molecular complexity index is 1340. The van der Waals surface area contributed by atoms with E-state index in [0.717, 1.165) is 28.5 Å². The van der Waals surface area contributed by atoms with Gasteiger partial charge in [0.25, 0.3) is 5.91 Å². The minimum absolute atomic E-state index is 0.126. The lowest BCUT2D eigenvalue weighted by molar-refractivity contribution is -0.133. The molecule has 172 valence electrons. The second-order valence-corrected chi connectivity index (χ2v) is 9.18. The van der Waals surface area contributed by atoms with Crippen LogP contribution in [0, 0.1) is 0 Å². The van der Waals surface area contributed by atoms with Gasteiger partial charge in [0.15, 0.2) is 0 Å². The molecule has 1 aliphatic heterocycles. The Morgan fingerprint density at radius 3 is 2.32 bits per heavy atom. The van der Waals surface area contributed by atoms with Gasteiger partial charge in [-0.1, -0.05) is 79.7 Å². The fourth-order valence-corrected chi connectivity index (χ4v) is 4.79. The predicted molar refractivity (Wildman–Crippen MR) is 134 cm³/mol. The number of amides is 2. The maximum absolute atomic E-state index is 13.8. The number of hydrogen-bond acceptors (Lipinski definition) is 2. The maximum atomic E-state index is 13.8. The van der Waals surface area contributed by atoms with Crippen LogP contribution in [0.15, 0.2) is 84.9 Å². The lowest BCUT2D eigenvalue weighted by Crippen LogP contribution is -2.63. The molecule has 0 saturated heterocycles. The fraction of sp³-hybridized carbons (Fsp3) is 0.241. The Labute approximate surface area is 200 Å². The van der Waals surface area contributed by atoms with Crippen LogP contribution in [0.1, 0.15) is 41.0 Å². The summed E-state index contributed by atoms with van der Waals surface area (Å²) in [6.07, 6.45) is 0.961. The van der Waals surface area contributed by atoms with E-state index in [2.05, 4.69) is 36.5 Å². The highest BCUT2D eigenvalue weighted by Gasteiger charge is 2.47. The van der Waals surface area contributed by atoms with Crippen molar-refractivity contribution >= 4 is 22.7 Å². The molecule has 0 aliphatic carbocycles. The summed E-state index contributed by atoms with van der Waals surface area (Å²) >= 11 is 0. The van der Waals surface area contributed by atoms with Gasteiger partial charge in [0.2, 0.25) is 5.91 Å². The molecule has 0 bridgehead atoms. The molecule has 0 spiro atoms. The second kappa shape index (κ2) is 8.82. The molecule has 2 heterocycles. The Morgan fingerprint density at radius 2 is 1.59 bits per heavy atom. The lowest BCUT2D eigenvalue weighted by Gasteiger charge is -2.44. The van der Waals surface area contributed by atoms with Gasteiger partial charge in [0.05, 0.1) is 6.54 Å². The standard InChI is InChI=1S/C29H29N3O2/c1-3-21-13-15-23(16-14-21)19-32-27(33)26-17-24-11-7-8-12-25(24)31(26)20-29(32,2)28(34)30-18-22-9-5-4-6-10-22/h4-17H,3,18-20H2,1-2H3,(H,30,34)/t29-/m1/s1. The maximum Gasteiger partial charge on any atom is 0.271 e. The minimum Gasteiger partial charge on any atom is -0.350 e. The van der Waals surface area contributed by atoms with Crippen molar-refractivity contribution in [3.05, 3.63) is 107 Å². The third-order valence-electron chi connectivity index (χ3n) is 6.89. The highest BCUT2D eigenvalue weighted by atomic mass is 16.2. The van der Waals surface area contributed by atoms with Crippen LogP contribution in [-0.2, 0) is 30.8 Å². The number of rotatable bonds is 6. The lowest BCUT2D eigenvalue weighted by atomic mass is 9.93. The number of nitrogens with one attached hydrogen (secondary N) is 1. The molecule has 5 heteroatoms. The molecule has 1 atom stereocenters. The summed E-state index contributed by atoms with van der Waals surface area (Å²) in [6.45, 7) is 5.19. The number of nitrogens with zero attached hydrogens (tertiary/aromatic N) is 2. The summed E-state index contributed by atoms with van der Waals surface area (Å²) < 4.78 is 2.00. The summed E-state index contributed by atoms with van der Waals surface area (Å²) in [5, 5.41) is 4.10. The zero-order chi connectivity index (χ0) is 23.7. The van der Waals surface area contributed by atoms with E-state index in [1.807, 2.05) is 72.2 Å². The van der Waals surface area contributed by atoms with Gasteiger partial charge in [-0.25, -0.2) is 0 Å². The molecule has 1 aliphatic rings. The SMILES string of the molecule is CCc1ccc(CN2C(=O)c3cc4ccccc4n3C[C@]2(C)C(=O)NCc2ccccc2)cc1. The van der Waals surface area contributed by atoms with Gasteiger partial charge >= 0.3 is 0 Å². The molecule has 1 aromatic heterocycles. The molecule has 0 saturated carbocycles. The molecule has 0 radical (unpaired) electrons. The van der Waals surface area contributed by atoms with E-state index in [1.54, 1.807) is 4.90 Å². The number of para-hydroxylation sites is 1. The highest BCUT2D eigenvalue weighted by Crippen LogP contribution is 2.33. The van der Waals surface area contributed by atoms with Crippen LogP contribution in [0.25, 0.3) is 10.9 Å². The highest BCUT2D eigenvalue weighted by molar-refractivity contribution is 6.03. The van der Waals surface area contributed by atoms with E-state index in [1.165, 1.54) is 5.56 Å². The van der Waals surface area contributed by atoms with Gasteiger partial charge in [-0.05, 0) is 42.2 Å². The Morgan fingerprint density at radius 1 is 0.912 bits per heavy atom. The summed E-state index contributed by atoms with van der Waals surface area (Å²) in [5.74, 6) is -0.280. The Kier molecular flexibility index (Phi) is 5.70. The van der Waals surface area contributed by atoms with Crippen molar-refractivity contribution in [1.82, 2.24) is 14.8 Å². The first-order valence-corrected chi connectivity index (χ1v) is 11.8. The van der Waals surface area contributed by atoms with Crippen molar-refractivity contribution in [3.8, 4) is 0 Å². The van der Waals surface area contributed by atoms with E-state index < -0.39 is 5.54 Å². The molecule has 2 amide bonds. The van der Waals surface area contributed by atoms with Gasteiger partial charge in [-0.15, -0.1) is 0 Å². The van der Waals surface area contributed by atoms with Gasteiger partial charge in [-0.3, -0.25) is 9.59 Å². The van der Waals surface area contributed by atoms with Gasteiger partial charge in [0, 0.05) is 24.0 Å².